The first-order valence-corrected chi connectivity index (χ1v) is 5.68. The molecule has 2 rings (SSSR count). The van der Waals surface area contributed by atoms with E-state index in [9.17, 15) is 4.79 Å². The highest BCUT2D eigenvalue weighted by Gasteiger charge is 2.21. The van der Waals surface area contributed by atoms with Crippen molar-refractivity contribution in [1.29, 1.82) is 0 Å². The third kappa shape index (κ3) is 1.98. The Morgan fingerprint density at radius 3 is 2.88 bits per heavy atom. The Morgan fingerprint density at radius 1 is 1.44 bits per heavy atom. The lowest BCUT2D eigenvalue weighted by Crippen LogP contribution is -2.15. The topological polar surface area (TPSA) is 37.3 Å². The normalized spacial score (nSPS) is 16.2. The maximum absolute atomic E-state index is 10.9. The molecule has 1 N–H and O–H groups in total. The molecule has 1 aromatic carbocycles. The van der Waals surface area contributed by atoms with Crippen LogP contribution in [-0.2, 0) is 11.2 Å². The van der Waals surface area contributed by atoms with Gasteiger partial charge in [0.2, 0.25) is 0 Å². The van der Waals surface area contributed by atoms with Crippen molar-refractivity contribution in [3.8, 4) is 0 Å². The molecule has 2 nitrogen and oxygen atoms in total. The summed E-state index contributed by atoms with van der Waals surface area (Å²) >= 11 is 6.09. The lowest BCUT2D eigenvalue weighted by Gasteiger charge is -2.19. The van der Waals surface area contributed by atoms with Crippen LogP contribution in [0.5, 0.6) is 0 Å². The maximum atomic E-state index is 10.9. The lowest BCUT2D eigenvalue weighted by atomic mass is 9.86. The second-order valence-electron chi connectivity index (χ2n) is 4.09. The second-order valence-corrected chi connectivity index (χ2v) is 4.49. The zero-order valence-electron chi connectivity index (χ0n) is 9.03. The molecule has 0 aromatic heterocycles. The number of fused-ring (bicyclic) bond motifs is 1. The van der Waals surface area contributed by atoms with E-state index in [4.69, 9.17) is 16.7 Å². The molecule has 0 heterocycles. The highest BCUT2D eigenvalue weighted by atomic mass is 35.5. The monoisotopic (exact) mass is 236 g/mol. The van der Waals surface area contributed by atoms with E-state index in [-0.39, 0.29) is 0 Å². The van der Waals surface area contributed by atoms with Gasteiger partial charge in [-0.15, -0.1) is 0 Å². The number of halogens is 1. The smallest absolute Gasteiger partial charge is 0.310 e. The van der Waals surface area contributed by atoms with Gasteiger partial charge in [-0.25, -0.2) is 0 Å². The van der Waals surface area contributed by atoms with Crippen LogP contribution in [0, 0.1) is 5.92 Å². The Balaban J connectivity index is 2.39. The summed E-state index contributed by atoms with van der Waals surface area (Å²) in [6.07, 6.45) is 3.58. The average Bonchev–Trinajstić information content (AvgIpc) is 2.28. The van der Waals surface area contributed by atoms with Gasteiger partial charge in [0, 0.05) is 5.02 Å². The minimum Gasteiger partial charge on any atom is -0.481 e. The van der Waals surface area contributed by atoms with Gasteiger partial charge in [-0.3, -0.25) is 4.79 Å². The standard InChI is InChI=1S/C13H13ClO2/c1-8(13(15)16)9-5-6-11-10(7-9)3-2-4-12(11)14/h2-4,7-8H,5-6H2,1H3,(H,15,16). The molecule has 0 radical (unpaired) electrons. The molecule has 0 saturated carbocycles. The van der Waals surface area contributed by atoms with E-state index < -0.39 is 11.9 Å². The van der Waals surface area contributed by atoms with E-state index in [1.807, 2.05) is 24.3 Å². The van der Waals surface area contributed by atoms with Crippen molar-refractivity contribution in [2.24, 2.45) is 5.92 Å². The molecule has 0 spiro atoms. The van der Waals surface area contributed by atoms with Crippen LogP contribution in [0.25, 0.3) is 6.08 Å². The second kappa shape index (κ2) is 4.30. The Bertz CT molecular complexity index is 463. The summed E-state index contributed by atoms with van der Waals surface area (Å²) in [5.74, 6) is -1.18. The first-order chi connectivity index (χ1) is 7.59. The molecule has 0 saturated heterocycles. The number of carboxylic acids is 1. The zero-order chi connectivity index (χ0) is 11.7. The van der Waals surface area contributed by atoms with E-state index in [1.54, 1.807) is 6.92 Å². The van der Waals surface area contributed by atoms with Gasteiger partial charge in [-0.1, -0.05) is 35.4 Å². The Labute approximate surface area is 99.5 Å². The number of aliphatic carboxylic acids is 1. The van der Waals surface area contributed by atoms with Crippen molar-refractivity contribution in [2.45, 2.75) is 19.8 Å². The van der Waals surface area contributed by atoms with E-state index >= 15 is 0 Å². The third-order valence-corrected chi connectivity index (χ3v) is 3.44. The highest BCUT2D eigenvalue weighted by Crippen LogP contribution is 2.32. The summed E-state index contributed by atoms with van der Waals surface area (Å²) in [6.45, 7) is 1.73. The van der Waals surface area contributed by atoms with Gasteiger partial charge in [0.1, 0.15) is 0 Å². The number of hydrogen-bond acceptors (Lipinski definition) is 1. The molecule has 1 unspecified atom stereocenters. The third-order valence-electron chi connectivity index (χ3n) is 3.09. The van der Waals surface area contributed by atoms with Crippen LogP contribution >= 0.6 is 11.6 Å². The number of benzene rings is 1. The average molecular weight is 237 g/mol. The van der Waals surface area contributed by atoms with Gasteiger partial charge in [0.05, 0.1) is 5.92 Å². The molecule has 3 heteroatoms. The van der Waals surface area contributed by atoms with Crippen molar-refractivity contribution in [1.82, 2.24) is 0 Å². The molecule has 0 amide bonds. The fourth-order valence-corrected chi connectivity index (χ4v) is 2.29. The van der Waals surface area contributed by atoms with E-state index in [2.05, 4.69) is 0 Å². The Hall–Kier alpha value is -1.28. The minimum absolute atomic E-state index is 0.410. The van der Waals surface area contributed by atoms with Crippen LogP contribution in [0.2, 0.25) is 5.02 Å². The molecule has 1 aliphatic rings. The number of rotatable bonds is 2. The fourth-order valence-electron chi connectivity index (χ4n) is 2.02. The van der Waals surface area contributed by atoms with Gasteiger partial charge >= 0.3 is 5.97 Å². The van der Waals surface area contributed by atoms with Crippen molar-refractivity contribution in [3.05, 3.63) is 39.9 Å². The summed E-state index contributed by atoms with van der Waals surface area (Å²) in [7, 11) is 0. The molecule has 1 aliphatic carbocycles. The molecular weight excluding hydrogens is 224 g/mol. The largest absolute Gasteiger partial charge is 0.481 e. The van der Waals surface area contributed by atoms with E-state index in [0.29, 0.717) is 0 Å². The fraction of sp³-hybridized carbons (Fsp3) is 0.308. The molecule has 1 atom stereocenters. The van der Waals surface area contributed by atoms with Crippen LogP contribution in [0.4, 0.5) is 0 Å². The van der Waals surface area contributed by atoms with Crippen molar-refractivity contribution in [3.63, 3.8) is 0 Å². The van der Waals surface area contributed by atoms with Crippen LogP contribution in [0.1, 0.15) is 24.5 Å². The Morgan fingerprint density at radius 2 is 2.19 bits per heavy atom. The van der Waals surface area contributed by atoms with Crippen molar-refractivity contribution in [2.75, 3.05) is 0 Å². The molecular formula is C13H13ClO2. The van der Waals surface area contributed by atoms with E-state index in [1.165, 1.54) is 0 Å². The van der Waals surface area contributed by atoms with Crippen LogP contribution < -0.4 is 0 Å². The Kier molecular flexibility index (Phi) is 3.01. The molecule has 16 heavy (non-hydrogen) atoms. The quantitative estimate of drug-likeness (QED) is 0.855. The lowest BCUT2D eigenvalue weighted by molar-refractivity contribution is -0.139. The van der Waals surface area contributed by atoms with Crippen LogP contribution in [0.3, 0.4) is 0 Å². The number of carboxylic acid groups (broad SMARTS) is 1. The van der Waals surface area contributed by atoms with Crippen molar-refractivity contribution < 1.29 is 9.90 Å². The summed E-state index contributed by atoms with van der Waals surface area (Å²) in [4.78, 5) is 10.9. The van der Waals surface area contributed by atoms with E-state index in [0.717, 1.165) is 34.6 Å². The van der Waals surface area contributed by atoms with Gasteiger partial charge in [0.25, 0.3) is 0 Å². The first kappa shape index (κ1) is 11.2. The summed E-state index contributed by atoms with van der Waals surface area (Å²) in [5, 5.41) is 9.74. The maximum Gasteiger partial charge on any atom is 0.310 e. The van der Waals surface area contributed by atoms with Gasteiger partial charge in [0.15, 0.2) is 0 Å². The molecule has 1 aromatic rings. The summed E-state index contributed by atoms with van der Waals surface area (Å²) in [6, 6.07) is 5.75. The highest BCUT2D eigenvalue weighted by molar-refractivity contribution is 6.31. The molecule has 84 valence electrons. The predicted molar refractivity (Wildman–Crippen MR) is 64.5 cm³/mol. The van der Waals surface area contributed by atoms with Gasteiger partial charge < -0.3 is 5.11 Å². The van der Waals surface area contributed by atoms with Crippen LogP contribution in [0.15, 0.2) is 23.8 Å². The molecule has 0 fully saturated rings. The van der Waals surface area contributed by atoms with Gasteiger partial charge in [-0.05, 0) is 37.0 Å². The minimum atomic E-state index is -0.767. The summed E-state index contributed by atoms with van der Waals surface area (Å²) < 4.78 is 0. The number of carbonyl (C=O) groups is 1. The number of hydrogen-bond donors (Lipinski definition) is 1. The molecule has 0 bridgehead atoms. The van der Waals surface area contributed by atoms with Crippen molar-refractivity contribution >= 4 is 23.6 Å². The predicted octanol–water partition coefficient (Wildman–Crippen LogP) is 3.39. The summed E-state index contributed by atoms with van der Waals surface area (Å²) in [5.41, 5.74) is 3.16. The molecule has 0 aliphatic heterocycles. The van der Waals surface area contributed by atoms with Gasteiger partial charge in [-0.2, -0.15) is 0 Å². The first-order valence-electron chi connectivity index (χ1n) is 5.30. The zero-order valence-corrected chi connectivity index (χ0v) is 9.79. The SMILES string of the molecule is CC(C(=O)O)C1=Cc2cccc(Cl)c2CC1. The van der Waals surface area contributed by atoms with Crippen LogP contribution in [-0.4, -0.2) is 11.1 Å².